The second kappa shape index (κ2) is 6.90. The van der Waals surface area contributed by atoms with Crippen LogP contribution >= 0.6 is 0 Å². The van der Waals surface area contributed by atoms with Gasteiger partial charge in [0.15, 0.2) is 0 Å². The van der Waals surface area contributed by atoms with Crippen molar-refractivity contribution >= 4 is 22.1 Å². The number of rotatable bonds is 5. The summed E-state index contributed by atoms with van der Waals surface area (Å²) in [6, 6.07) is 6.57. The Labute approximate surface area is 141 Å². The van der Waals surface area contributed by atoms with Gasteiger partial charge >= 0.3 is 16.2 Å². The maximum absolute atomic E-state index is 12.0. The number of carbonyl (C=O) groups is 2. The first-order valence-corrected chi connectivity index (χ1v) is 9.45. The average Bonchev–Trinajstić information content (AvgIpc) is 3.13. The molecule has 7 nitrogen and oxygen atoms in total. The number of hydrogen-bond acceptors (Lipinski definition) is 5. The number of carbonyl (C=O) groups excluding carboxylic acids is 2. The van der Waals surface area contributed by atoms with Gasteiger partial charge in [0.05, 0.1) is 18.7 Å². The average molecular weight is 352 g/mol. The van der Waals surface area contributed by atoms with E-state index in [1.807, 2.05) is 4.72 Å². The fourth-order valence-electron chi connectivity index (χ4n) is 3.03. The summed E-state index contributed by atoms with van der Waals surface area (Å²) in [7, 11) is -3.74. The number of nitrogens with one attached hydrogen (secondary N) is 1. The summed E-state index contributed by atoms with van der Waals surface area (Å²) in [5.41, 5.74) is 1.14. The van der Waals surface area contributed by atoms with Gasteiger partial charge < -0.3 is 4.74 Å². The van der Waals surface area contributed by atoms with Crippen LogP contribution in [0.25, 0.3) is 0 Å². The van der Waals surface area contributed by atoms with Gasteiger partial charge in [0, 0.05) is 6.54 Å². The smallest absolute Gasteiger partial charge is 0.338 e. The summed E-state index contributed by atoms with van der Waals surface area (Å²) >= 11 is 0. The molecule has 0 spiro atoms. The summed E-state index contributed by atoms with van der Waals surface area (Å²) in [5, 5.41) is 0. The molecule has 0 radical (unpaired) electrons. The van der Waals surface area contributed by atoms with Gasteiger partial charge in [-0.05, 0) is 36.5 Å². The van der Waals surface area contributed by atoms with Gasteiger partial charge in [-0.25, -0.2) is 9.52 Å². The Morgan fingerprint density at radius 1 is 1.21 bits per heavy atom. The van der Waals surface area contributed by atoms with Crippen molar-refractivity contribution in [2.45, 2.75) is 32.2 Å². The van der Waals surface area contributed by atoms with Crippen molar-refractivity contribution in [1.29, 1.82) is 0 Å². The van der Waals surface area contributed by atoms with Crippen LogP contribution in [-0.2, 0) is 26.3 Å². The molecule has 1 N–H and O–H groups in total. The van der Waals surface area contributed by atoms with Gasteiger partial charge in [-0.3, -0.25) is 4.79 Å². The highest BCUT2D eigenvalue weighted by Gasteiger charge is 2.33. The molecule has 1 aromatic carbocycles. The van der Waals surface area contributed by atoms with E-state index in [9.17, 15) is 18.0 Å². The van der Waals surface area contributed by atoms with Crippen molar-refractivity contribution in [1.82, 2.24) is 9.03 Å². The molecule has 0 unspecified atom stereocenters. The Morgan fingerprint density at radius 3 is 2.46 bits per heavy atom. The number of esters is 1. The summed E-state index contributed by atoms with van der Waals surface area (Å²) in [5.74, 6) is -0.431. The molecular weight excluding hydrogens is 332 g/mol. The Hall–Kier alpha value is -1.93. The van der Waals surface area contributed by atoms with Crippen LogP contribution in [-0.4, -0.2) is 37.8 Å². The van der Waals surface area contributed by atoms with Crippen LogP contribution in [0.15, 0.2) is 24.3 Å². The van der Waals surface area contributed by atoms with E-state index in [1.165, 1.54) is 12.8 Å². The highest BCUT2D eigenvalue weighted by molar-refractivity contribution is 7.88. The van der Waals surface area contributed by atoms with Crippen molar-refractivity contribution in [3.8, 4) is 0 Å². The first-order valence-electron chi connectivity index (χ1n) is 8.01. The third kappa shape index (κ3) is 3.93. The van der Waals surface area contributed by atoms with Crippen molar-refractivity contribution in [3.63, 3.8) is 0 Å². The van der Waals surface area contributed by atoms with Crippen LogP contribution in [0.5, 0.6) is 0 Å². The molecule has 1 heterocycles. The molecule has 130 valence electrons. The fraction of sp³-hybridized carbons (Fsp3) is 0.500. The molecule has 2 aliphatic rings. The molecule has 1 aliphatic carbocycles. The summed E-state index contributed by atoms with van der Waals surface area (Å²) in [6.07, 6.45) is 4.63. The third-order valence-corrected chi connectivity index (χ3v) is 5.80. The molecule has 1 saturated carbocycles. The summed E-state index contributed by atoms with van der Waals surface area (Å²) in [6.45, 7) is 0.354. The lowest BCUT2D eigenvalue weighted by Gasteiger charge is -2.13. The zero-order valence-electron chi connectivity index (χ0n) is 13.2. The van der Waals surface area contributed by atoms with Crippen LogP contribution in [0.3, 0.4) is 0 Å². The van der Waals surface area contributed by atoms with E-state index < -0.39 is 16.1 Å². The van der Waals surface area contributed by atoms with Gasteiger partial charge in [-0.1, -0.05) is 25.0 Å². The normalized spacial score (nSPS) is 20.9. The number of hydrogen-bond donors (Lipinski definition) is 1. The van der Waals surface area contributed by atoms with Crippen LogP contribution < -0.4 is 4.72 Å². The van der Waals surface area contributed by atoms with Crippen molar-refractivity contribution in [2.24, 2.45) is 5.92 Å². The number of nitrogens with zero attached hydrogens (tertiary/aromatic N) is 1. The SMILES string of the molecule is O=C1CN(Cc2ccc(C(=O)OCC3CCCC3)cc2)S(=O)(=O)N1. The summed E-state index contributed by atoms with van der Waals surface area (Å²) in [4.78, 5) is 23.2. The van der Waals surface area contributed by atoms with E-state index in [4.69, 9.17) is 4.74 Å². The molecule has 8 heteroatoms. The van der Waals surface area contributed by atoms with Crippen LogP contribution in [0.1, 0.15) is 41.6 Å². The molecular formula is C16H20N2O5S. The minimum atomic E-state index is -3.74. The molecule has 0 atom stereocenters. The minimum absolute atomic E-state index is 0.0818. The standard InChI is InChI=1S/C16H20N2O5S/c19-15-10-18(24(21,22)17-15)9-12-5-7-14(8-6-12)16(20)23-11-13-3-1-2-4-13/h5-8,13H,1-4,9-11H2,(H,17,19). The number of ether oxygens (including phenoxy) is 1. The van der Waals surface area contributed by atoms with Gasteiger partial charge in [0.1, 0.15) is 0 Å². The fourth-order valence-corrected chi connectivity index (χ4v) is 4.12. The van der Waals surface area contributed by atoms with Gasteiger partial charge in [-0.15, -0.1) is 0 Å². The Bertz CT molecular complexity index is 723. The van der Waals surface area contributed by atoms with E-state index in [2.05, 4.69) is 0 Å². The molecule has 1 aliphatic heterocycles. The molecule has 1 amide bonds. The van der Waals surface area contributed by atoms with Crippen molar-refractivity contribution in [2.75, 3.05) is 13.2 Å². The van der Waals surface area contributed by atoms with E-state index in [0.29, 0.717) is 23.7 Å². The predicted molar refractivity (Wildman–Crippen MR) is 86.2 cm³/mol. The Kier molecular flexibility index (Phi) is 4.86. The second-order valence-electron chi connectivity index (χ2n) is 6.24. The minimum Gasteiger partial charge on any atom is -0.462 e. The van der Waals surface area contributed by atoms with Crippen LogP contribution in [0, 0.1) is 5.92 Å². The van der Waals surface area contributed by atoms with Crippen LogP contribution in [0.2, 0.25) is 0 Å². The monoisotopic (exact) mass is 352 g/mol. The van der Waals surface area contributed by atoms with Crippen molar-refractivity contribution in [3.05, 3.63) is 35.4 Å². The maximum atomic E-state index is 12.0. The van der Waals surface area contributed by atoms with E-state index in [-0.39, 0.29) is 19.1 Å². The lowest BCUT2D eigenvalue weighted by atomic mass is 10.1. The molecule has 1 aromatic rings. The molecule has 1 saturated heterocycles. The molecule has 24 heavy (non-hydrogen) atoms. The number of benzene rings is 1. The van der Waals surface area contributed by atoms with E-state index in [1.54, 1.807) is 24.3 Å². The van der Waals surface area contributed by atoms with Gasteiger partial charge in [0.2, 0.25) is 5.91 Å². The van der Waals surface area contributed by atoms with Crippen LogP contribution in [0.4, 0.5) is 0 Å². The molecule has 3 rings (SSSR count). The van der Waals surface area contributed by atoms with E-state index >= 15 is 0 Å². The Balaban J connectivity index is 1.56. The van der Waals surface area contributed by atoms with Crippen molar-refractivity contribution < 1.29 is 22.7 Å². The zero-order chi connectivity index (χ0) is 17.2. The summed E-state index contributed by atoms with van der Waals surface area (Å²) < 4.78 is 31.7. The first kappa shape index (κ1) is 16.9. The van der Waals surface area contributed by atoms with Gasteiger partial charge in [-0.2, -0.15) is 12.7 Å². The quantitative estimate of drug-likeness (QED) is 0.804. The zero-order valence-corrected chi connectivity index (χ0v) is 14.0. The van der Waals surface area contributed by atoms with Gasteiger partial charge in [0.25, 0.3) is 0 Å². The number of amides is 1. The second-order valence-corrected chi connectivity index (χ2v) is 7.91. The lowest BCUT2D eigenvalue weighted by molar-refractivity contribution is -0.118. The largest absolute Gasteiger partial charge is 0.462 e. The predicted octanol–water partition coefficient (Wildman–Crippen LogP) is 1.21. The Morgan fingerprint density at radius 2 is 1.88 bits per heavy atom. The third-order valence-electron chi connectivity index (χ3n) is 4.38. The highest BCUT2D eigenvalue weighted by atomic mass is 32.2. The molecule has 0 aromatic heterocycles. The highest BCUT2D eigenvalue weighted by Crippen LogP contribution is 2.25. The van der Waals surface area contributed by atoms with E-state index in [0.717, 1.165) is 17.1 Å². The topological polar surface area (TPSA) is 92.8 Å². The lowest BCUT2D eigenvalue weighted by Crippen LogP contribution is -2.29. The molecule has 2 fully saturated rings. The molecule has 0 bridgehead atoms. The maximum Gasteiger partial charge on any atom is 0.338 e. The first-order chi connectivity index (χ1) is 11.4.